The number of hydrogen-bond donors (Lipinski definition) is 0. The molecule has 0 aliphatic heterocycles. The summed E-state index contributed by atoms with van der Waals surface area (Å²) < 4.78 is 0. The van der Waals surface area contributed by atoms with E-state index in [1.54, 1.807) is 4.90 Å². The lowest BCUT2D eigenvalue weighted by atomic mass is 10.1. The number of unbranched alkanes of at least 4 members (excludes halogenated alkanes) is 1. The molecule has 0 radical (unpaired) electrons. The smallest absolute Gasteiger partial charge is 0.228 e. The maximum absolute atomic E-state index is 12.0. The third-order valence-electron chi connectivity index (χ3n) is 3.26. The summed E-state index contributed by atoms with van der Waals surface area (Å²) in [4.78, 5) is 18.4. The average Bonchev–Trinajstić information content (AvgIpc) is 2.44. The minimum Gasteiger partial charge on any atom is -0.345 e. The van der Waals surface area contributed by atoms with Crippen molar-refractivity contribution >= 4 is 16.8 Å². The molecule has 0 fully saturated rings. The first-order valence-corrected chi connectivity index (χ1v) is 6.79. The first-order chi connectivity index (χ1) is 9.20. The topological polar surface area (TPSA) is 33.2 Å². The number of pyridine rings is 1. The lowest BCUT2D eigenvalue weighted by Crippen LogP contribution is -2.29. The quantitative estimate of drug-likeness (QED) is 0.823. The molecule has 2 rings (SSSR count). The number of nitrogens with zero attached hydrogens (tertiary/aromatic N) is 2. The van der Waals surface area contributed by atoms with Crippen LogP contribution in [0.5, 0.6) is 0 Å². The van der Waals surface area contributed by atoms with E-state index in [4.69, 9.17) is 0 Å². The molecule has 1 aromatic heterocycles. The van der Waals surface area contributed by atoms with Crippen molar-refractivity contribution in [1.29, 1.82) is 0 Å². The summed E-state index contributed by atoms with van der Waals surface area (Å²) in [7, 11) is 1.86. The molecule has 0 N–H and O–H groups in total. The fourth-order valence-electron chi connectivity index (χ4n) is 2.02. The van der Waals surface area contributed by atoms with Gasteiger partial charge in [0.25, 0.3) is 0 Å². The van der Waals surface area contributed by atoms with Gasteiger partial charge in [0.1, 0.15) is 0 Å². The highest BCUT2D eigenvalue weighted by Crippen LogP contribution is 2.12. The summed E-state index contributed by atoms with van der Waals surface area (Å²) in [5.74, 6) is 0.135. The van der Waals surface area contributed by atoms with E-state index in [1.807, 2.05) is 43.4 Å². The van der Waals surface area contributed by atoms with Gasteiger partial charge in [-0.05, 0) is 18.6 Å². The van der Waals surface area contributed by atoms with Crippen LogP contribution in [0.4, 0.5) is 0 Å². The Morgan fingerprint density at radius 1 is 1.21 bits per heavy atom. The van der Waals surface area contributed by atoms with E-state index in [0.717, 1.165) is 36.0 Å². The van der Waals surface area contributed by atoms with E-state index in [2.05, 4.69) is 11.9 Å². The van der Waals surface area contributed by atoms with E-state index in [-0.39, 0.29) is 5.91 Å². The summed E-state index contributed by atoms with van der Waals surface area (Å²) >= 11 is 0. The Kier molecular flexibility index (Phi) is 4.50. The highest BCUT2D eigenvalue weighted by atomic mass is 16.2. The molecule has 0 bridgehead atoms. The molecule has 19 heavy (non-hydrogen) atoms. The largest absolute Gasteiger partial charge is 0.345 e. The first-order valence-electron chi connectivity index (χ1n) is 6.79. The van der Waals surface area contributed by atoms with Crippen molar-refractivity contribution in [3.63, 3.8) is 0 Å². The monoisotopic (exact) mass is 256 g/mol. The molecule has 1 amide bonds. The molecule has 3 nitrogen and oxygen atoms in total. The van der Waals surface area contributed by atoms with Crippen molar-refractivity contribution in [2.24, 2.45) is 0 Å². The van der Waals surface area contributed by atoms with E-state index >= 15 is 0 Å². The number of aromatic nitrogens is 1. The molecule has 3 heteroatoms. The van der Waals surface area contributed by atoms with Crippen LogP contribution in [0.3, 0.4) is 0 Å². The van der Waals surface area contributed by atoms with Gasteiger partial charge in [0.2, 0.25) is 5.91 Å². The normalized spacial score (nSPS) is 10.6. The second-order valence-electron chi connectivity index (χ2n) is 4.84. The molecule has 1 aromatic carbocycles. The molecule has 0 saturated carbocycles. The summed E-state index contributed by atoms with van der Waals surface area (Å²) in [5, 5.41) is 1.11. The first kappa shape index (κ1) is 13.5. The van der Waals surface area contributed by atoms with Gasteiger partial charge >= 0.3 is 0 Å². The average molecular weight is 256 g/mol. The Morgan fingerprint density at radius 2 is 2.00 bits per heavy atom. The van der Waals surface area contributed by atoms with E-state index in [9.17, 15) is 4.79 Å². The number of rotatable bonds is 5. The van der Waals surface area contributed by atoms with Crippen LogP contribution in [0.15, 0.2) is 36.4 Å². The van der Waals surface area contributed by atoms with Crippen molar-refractivity contribution in [2.45, 2.75) is 26.2 Å². The Morgan fingerprint density at radius 3 is 2.79 bits per heavy atom. The minimum atomic E-state index is 0.135. The predicted molar refractivity (Wildman–Crippen MR) is 78.0 cm³/mol. The fraction of sp³-hybridized carbons (Fsp3) is 0.375. The molecule has 0 atom stereocenters. The van der Waals surface area contributed by atoms with Gasteiger partial charge in [-0.2, -0.15) is 0 Å². The zero-order valence-corrected chi connectivity index (χ0v) is 11.6. The molecule has 0 saturated heterocycles. The van der Waals surface area contributed by atoms with Crippen LogP contribution < -0.4 is 0 Å². The number of amides is 1. The van der Waals surface area contributed by atoms with E-state index < -0.39 is 0 Å². The third-order valence-corrected chi connectivity index (χ3v) is 3.26. The van der Waals surface area contributed by atoms with Gasteiger partial charge in [0.05, 0.1) is 17.6 Å². The van der Waals surface area contributed by atoms with Crippen molar-refractivity contribution in [2.75, 3.05) is 13.6 Å². The molecule has 0 spiro atoms. The Bertz CT molecular complexity index is 565. The maximum Gasteiger partial charge on any atom is 0.228 e. The lowest BCUT2D eigenvalue weighted by Gasteiger charge is -2.16. The Labute approximate surface area is 114 Å². The zero-order valence-electron chi connectivity index (χ0n) is 11.6. The number of fused-ring (bicyclic) bond motifs is 1. The second kappa shape index (κ2) is 6.32. The number of hydrogen-bond acceptors (Lipinski definition) is 2. The maximum atomic E-state index is 12.0. The standard InChI is InChI=1S/C16H20N2O/c1-3-4-11-18(2)16(19)12-14-10-9-13-7-5-6-8-15(13)17-14/h5-10H,3-4,11-12H2,1-2H3. The van der Waals surface area contributed by atoms with Crippen molar-refractivity contribution in [3.8, 4) is 0 Å². The van der Waals surface area contributed by atoms with Gasteiger partial charge in [-0.3, -0.25) is 9.78 Å². The highest BCUT2D eigenvalue weighted by molar-refractivity contribution is 5.81. The Balaban J connectivity index is 2.06. The molecule has 0 aliphatic rings. The summed E-state index contributed by atoms with van der Waals surface area (Å²) in [6, 6.07) is 11.9. The van der Waals surface area contributed by atoms with Gasteiger partial charge in [0, 0.05) is 19.0 Å². The molecular weight excluding hydrogens is 236 g/mol. The van der Waals surface area contributed by atoms with Gasteiger partial charge in [-0.1, -0.05) is 37.6 Å². The summed E-state index contributed by atoms with van der Waals surface area (Å²) in [5.41, 5.74) is 1.79. The van der Waals surface area contributed by atoms with Crippen molar-refractivity contribution in [1.82, 2.24) is 9.88 Å². The third kappa shape index (κ3) is 3.53. The Hall–Kier alpha value is -1.90. The summed E-state index contributed by atoms with van der Waals surface area (Å²) in [6.07, 6.45) is 2.53. The summed E-state index contributed by atoms with van der Waals surface area (Å²) in [6.45, 7) is 2.95. The lowest BCUT2D eigenvalue weighted by molar-refractivity contribution is -0.129. The molecular formula is C16H20N2O. The van der Waals surface area contributed by atoms with Crippen LogP contribution in [0.1, 0.15) is 25.5 Å². The fourth-order valence-corrected chi connectivity index (χ4v) is 2.02. The van der Waals surface area contributed by atoms with Crippen LogP contribution in [-0.4, -0.2) is 29.4 Å². The van der Waals surface area contributed by atoms with Crippen molar-refractivity contribution in [3.05, 3.63) is 42.1 Å². The number of para-hydroxylation sites is 1. The van der Waals surface area contributed by atoms with E-state index in [1.165, 1.54) is 0 Å². The van der Waals surface area contributed by atoms with Crippen molar-refractivity contribution < 1.29 is 4.79 Å². The van der Waals surface area contributed by atoms with Crippen LogP contribution in [0.2, 0.25) is 0 Å². The van der Waals surface area contributed by atoms with Crippen LogP contribution >= 0.6 is 0 Å². The molecule has 2 aromatic rings. The highest BCUT2D eigenvalue weighted by Gasteiger charge is 2.10. The molecule has 0 unspecified atom stereocenters. The number of benzene rings is 1. The zero-order chi connectivity index (χ0) is 13.7. The molecule has 100 valence electrons. The molecule has 0 aliphatic carbocycles. The SMILES string of the molecule is CCCCN(C)C(=O)Cc1ccc2ccccc2n1. The molecule has 1 heterocycles. The van der Waals surface area contributed by atoms with Crippen LogP contribution in [0.25, 0.3) is 10.9 Å². The minimum absolute atomic E-state index is 0.135. The van der Waals surface area contributed by atoms with Gasteiger partial charge < -0.3 is 4.90 Å². The van der Waals surface area contributed by atoms with Gasteiger partial charge in [-0.25, -0.2) is 0 Å². The number of likely N-dealkylation sites (N-methyl/N-ethyl adjacent to an activating group) is 1. The van der Waals surface area contributed by atoms with Gasteiger partial charge in [0.15, 0.2) is 0 Å². The van der Waals surface area contributed by atoms with Crippen LogP contribution in [0, 0.1) is 0 Å². The number of carbonyl (C=O) groups is 1. The van der Waals surface area contributed by atoms with Crippen LogP contribution in [-0.2, 0) is 11.2 Å². The second-order valence-corrected chi connectivity index (χ2v) is 4.84. The predicted octanol–water partition coefficient (Wildman–Crippen LogP) is 3.04. The van der Waals surface area contributed by atoms with E-state index in [0.29, 0.717) is 6.42 Å². The number of carbonyl (C=O) groups excluding carboxylic acids is 1. The van der Waals surface area contributed by atoms with Gasteiger partial charge in [-0.15, -0.1) is 0 Å².